The normalized spacial score (nSPS) is 11.0. The maximum atomic E-state index is 12.9. The van der Waals surface area contributed by atoms with E-state index in [2.05, 4.69) is 20.5 Å². The molecule has 6 nitrogen and oxygen atoms in total. The third kappa shape index (κ3) is 3.19. The number of carbonyl (C=O) groups is 1. The number of nitrogens with zero attached hydrogens (tertiary/aromatic N) is 3. The summed E-state index contributed by atoms with van der Waals surface area (Å²) in [5, 5.41) is 10.5. The fourth-order valence-corrected chi connectivity index (χ4v) is 2.82. The number of rotatable bonds is 4. The zero-order valence-corrected chi connectivity index (χ0v) is 14.0. The van der Waals surface area contributed by atoms with Gasteiger partial charge in [-0.2, -0.15) is 4.98 Å². The Hall–Kier alpha value is -3.48. The molecule has 0 bridgehead atoms. The topological polar surface area (TPSA) is 75.6 Å². The predicted molar refractivity (Wildman–Crippen MR) is 96.5 cm³/mol. The van der Waals surface area contributed by atoms with Crippen LogP contribution in [0.25, 0.3) is 10.9 Å². The fourth-order valence-electron chi connectivity index (χ4n) is 2.82. The van der Waals surface area contributed by atoms with Gasteiger partial charge in [0.25, 0.3) is 5.91 Å². The Labute approximate surface area is 148 Å². The van der Waals surface area contributed by atoms with E-state index in [1.807, 2.05) is 36.0 Å². The number of aromatic amines is 1. The molecule has 2 heterocycles. The standard InChI is InChI=1S/C19H16FN5O/c1-25-9-8-13-11-14(4-7-16(13)25)18(26)22-19-21-17(23-24-19)10-12-2-5-15(20)6-3-12/h2-9,11H,10H2,1H3,(H2,21,22,23,24,26). The lowest BCUT2D eigenvalue weighted by Crippen LogP contribution is -2.13. The van der Waals surface area contributed by atoms with E-state index in [-0.39, 0.29) is 17.7 Å². The summed E-state index contributed by atoms with van der Waals surface area (Å²) in [4.78, 5) is 16.7. The molecule has 2 aromatic carbocycles. The van der Waals surface area contributed by atoms with Crippen molar-refractivity contribution in [3.63, 3.8) is 0 Å². The van der Waals surface area contributed by atoms with Crippen LogP contribution >= 0.6 is 0 Å². The molecule has 0 aliphatic rings. The Kier molecular flexibility index (Phi) is 3.96. The molecule has 0 aliphatic carbocycles. The van der Waals surface area contributed by atoms with Crippen molar-refractivity contribution in [2.45, 2.75) is 6.42 Å². The van der Waals surface area contributed by atoms with Crippen molar-refractivity contribution in [2.75, 3.05) is 5.32 Å². The number of nitrogens with one attached hydrogen (secondary N) is 2. The van der Waals surface area contributed by atoms with Crippen LogP contribution in [0.5, 0.6) is 0 Å². The number of hydrogen-bond donors (Lipinski definition) is 2. The molecule has 0 radical (unpaired) electrons. The van der Waals surface area contributed by atoms with Gasteiger partial charge in [-0.15, -0.1) is 5.10 Å². The molecule has 0 saturated heterocycles. The van der Waals surface area contributed by atoms with E-state index in [0.29, 0.717) is 17.8 Å². The third-order valence-electron chi connectivity index (χ3n) is 4.19. The number of anilines is 1. The second kappa shape index (κ2) is 6.44. The minimum atomic E-state index is -0.283. The Balaban J connectivity index is 1.47. The zero-order valence-electron chi connectivity index (χ0n) is 14.0. The van der Waals surface area contributed by atoms with Gasteiger partial charge < -0.3 is 4.57 Å². The molecule has 0 unspecified atom stereocenters. The lowest BCUT2D eigenvalue weighted by molar-refractivity contribution is 0.102. The SMILES string of the molecule is Cn1ccc2cc(C(=O)Nc3n[nH]c(Cc4ccc(F)cc4)n3)ccc21. The first kappa shape index (κ1) is 16.0. The lowest BCUT2D eigenvalue weighted by Gasteiger charge is -2.02. The molecule has 2 aromatic heterocycles. The van der Waals surface area contributed by atoms with Gasteiger partial charge in [0.2, 0.25) is 5.95 Å². The molecule has 130 valence electrons. The van der Waals surface area contributed by atoms with Crippen molar-refractivity contribution in [1.29, 1.82) is 0 Å². The highest BCUT2D eigenvalue weighted by Crippen LogP contribution is 2.17. The predicted octanol–water partition coefficient (Wildman–Crippen LogP) is 3.28. The van der Waals surface area contributed by atoms with Gasteiger partial charge in [-0.3, -0.25) is 15.2 Å². The van der Waals surface area contributed by atoms with Crippen LogP contribution in [0.1, 0.15) is 21.7 Å². The summed E-state index contributed by atoms with van der Waals surface area (Å²) >= 11 is 0. The summed E-state index contributed by atoms with van der Waals surface area (Å²) < 4.78 is 14.9. The van der Waals surface area contributed by atoms with Crippen LogP contribution in [0.4, 0.5) is 10.3 Å². The van der Waals surface area contributed by atoms with Gasteiger partial charge in [0.15, 0.2) is 0 Å². The number of carbonyl (C=O) groups excluding carboxylic acids is 1. The second-order valence-corrected chi connectivity index (χ2v) is 6.06. The summed E-state index contributed by atoms with van der Waals surface area (Å²) in [5.74, 6) is 0.239. The van der Waals surface area contributed by atoms with Crippen molar-refractivity contribution < 1.29 is 9.18 Å². The number of aryl methyl sites for hydroxylation is 1. The van der Waals surface area contributed by atoms with Crippen LogP contribution < -0.4 is 5.32 Å². The van der Waals surface area contributed by atoms with Crippen LogP contribution in [0, 0.1) is 5.82 Å². The average molecular weight is 349 g/mol. The molecule has 0 aliphatic heterocycles. The van der Waals surface area contributed by atoms with Gasteiger partial charge in [0.1, 0.15) is 11.6 Å². The Morgan fingerprint density at radius 3 is 2.81 bits per heavy atom. The Bertz CT molecular complexity index is 1080. The van der Waals surface area contributed by atoms with Gasteiger partial charge in [-0.1, -0.05) is 12.1 Å². The van der Waals surface area contributed by atoms with Crippen LogP contribution in [0.15, 0.2) is 54.7 Å². The van der Waals surface area contributed by atoms with E-state index >= 15 is 0 Å². The molecular formula is C19H16FN5O. The first-order valence-electron chi connectivity index (χ1n) is 8.11. The summed E-state index contributed by atoms with van der Waals surface area (Å²) in [6, 6.07) is 13.6. The highest BCUT2D eigenvalue weighted by Gasteiger charge is 2.11. The van der Waals surface area contributed by atoms with Gasteiger partial charge in [0.05, 0.1) is 0 Å². The minimum Gasteiger partial charge on any atom is -0.351 e. The molecule has 4 aromatic rings. The maximum absolute atomic E-state index is 12.9. The molecule has 4 rings (SSSR count). The van der Waals surface area contributed by atoms with Crippen molar-refractivity contribution >= 4 is 22.8 Å². The van der Waals surface area contributed by atoms with E-state index in [9.17, 15) is 9.18 Å². The minimum absolute atomic E-state index is 0.209. The molecule has 7 heteroatoms. The zero-order chi connectivity index (χ0) is 18.1. The molecule has 0 fully saturated rings. The number of aromatic nitrogens is 4. The van der Waals surface area contributed by atoms with Crippen molar-refractivity contribution in [1.82, 2.24) is 19.7 Å². The quantitative estimate of drug-likeness (QED) is 0.594. The van der Waals surface area contributed by atoms with Gasteiger partial charge in [-0.25, -0.2) is 4.39 Å². The van der Waals surface area contributed by atoms with Gasteiger partial charge in [-0.05, 0) is 42.0 Å². The van der Waals surface area contributed by atoms with Crippen LogP contribution in [0.2, 0.25) is 0 Å². The number of amides is 1. The lowest BCUT2D eigenvalue weighted by atomic mass is 10.1. The van der Waals surface area contributed by atoms with Gasteiger partial charge in [0, 0.05) is 36.1 Å². The number of fused-ring (bicyclic) bond motifs is 1. The first-order chi connectivity index (χ1) is 12.6. The molecule has 0 saturated carbocycles. The maximum Gasteiger partial charge on any atom is 0.258 e. The van der Waals surface area contributed by atoms with Crippen LogP contribution in [0.3, 0.4) is 0 Å². The summed E-state index contributed by atoms with van der Waals surface area (Å²) in [6.45, 7) is 0. The Morgan fingerprint density at radius 2 is 2.00 bits per heavy atom. The number of hydrogen-bond acceptors (Lipinski definition) is 3. The van der Waals surface area contributed by atoms with E-state index in [1.54, 1.807) is 18.2 Å². The third-order valence-corrected chi connectivity index (χ3v) is 4.19. The highest BCUT2D eigenvalue weighted by molar-refractivity contribution is 6.05. The molecule has 2 N–H and O–H groups in total. The second-order valence-electron chi connectivity index (χ2n) is 6.06. The van der Waals surface area contributed by atoms with E-state index in [4.69, 9.17) is 0 Å². The summed E-state index contributed by atoms with van der Waals surface area (Å²) in [6.07, 6.45) is 2.42. The number of benzene rings is 2. The Morgan fingerprint density at radius 1 is 1.19 bits per heavy atom. The molecule has 26 heavy (non-hydrogen) atoms. The highest BCUT2D eigenvalue weighted by atomic mass is 19.1. The van der Waals surface area contributed by atoms with Crippen molar-refractivity contribution in [3.8, 4) is 0 Å². The van der Waals surface area contributed by atoms with Crippen LogP contribution in [-0.4, -0.2) is 25.7 Å². The molecule has 0 atom stereocenters. The number of halogens is 1. The van der Waals surface area contributed by atoms with E-state index in [1.165, 1.54) is 12.1 Å². The van der Waals surface area contributed by atoms with Crippen molar-refractivity contribution in [3.05, 3.63) is 77.5 Å². The first-order valence-corrected chi connectivity index (χ1v) is 8.11. The van der Waals surface area contributed by atoms with Crippen molar-refractivity contribution in [2.24, 2.45) is 7.05 Å². The van der Waals surface area contributed by atoms with E-state index < -0.39 is 0 Å². The average Bonchev–Trinajstić information content (AvgIpc) is 3.23. The molecule has 1 amide bonds. The van der Waals surface area contributed by atoms with E-state index in [0.717, 1.165) is 16.5 Å². The smallest absolute Gasteiger partial charge is 0.258 e. The largest absolute Gasteiger partial charge is 0.351 e. The van der Waals surface area contributed by atoms with Crippen LogP contribution in [-0.2, 0) is 13.5 Å². The number of H-pyrrole nitrogens is 1. The molecule has 0 spiro atoms. The fraction of sp³-hybridized carbons (Fsp3) is 0.105. The summed E-state index contributed by atoms with van der Waals surface area (Å²) in [5.41, 5.74) is 2.49. The molecular weight excluding hydrogens is 333 g/mol. The summed E-state index contributed by atoms with van der Waals surface area (Å²) in [7, 11) is 1.96. The van der Waals surface area contributed by atoms with Gasteiger partial charge >= 0.3 is 0 Å². The monoisotopic (exact) mass is 349 g/mol.